The Balaban J connectivity index is 2.07. The van der Waals surface area contributed by atoms with Gasteiger partial charge in [0.05, 0.1) is 13.7 Å². The molecule has 0 saturated carbocycles. The third-order valence-electron chi connectivity index (χ3n) is 5.09. The summed E-state index contributed by atoms with van der Waals surface area (Å²) in [5, 5.41) is 10.8. The fraction of sp³-hybridized carbons (Fsp3) is 0.231. The normalized spacial score (nSPS) is 13.1. The van der Waals surface area contributed by atoms with Gasteiger partial charge in [0.1, 0.15) is 11.7 Å². The molecule has 3 aromatic rings. The highest BCUT2D eigenvalue weighted by atomic mass is 16.6. The molecule has 0 spiro atoms. The Morgan fingerprint density at radius 3 is 1.56 bits per heavy atom. The zero-order valence-corrected chi connectivity index (χ0v) is 18.0. The first-order chi connectivity index (χ1) is 15.5. The third kappa shape index (κ3) is 5.04. The van der Waals surface area contributed by atoms with Crippen LogP contribution in [0.3, 0.4) is 0 Å². The van der Waals surface area contributed by atoms with Crippen molar-refractivity contribution in [3.8, 4) is 0 Å². The molecule has 0 bridgehead atoms. The first kappa shape index (κ1) is 23.2. The fourth-order valence-corrected chi connectivity index (χ4v) is 3.65. The van der Waals surface area contributed by atoms with Crippen molar-refractivity contribution in [3.05, 3.63) is 108 Å². The van der Waals surface area contributed by atoms with Crippen LogP contribution in [0.2, 0.25) is 0 Å². The van der Waals surface area contributed by atoms with Gasteiger partial charge in [-0.25, -0.2) is 4.79 Å². The molecule has 0 saturated heterocycles. The van der Waals surface area contributed by atoms with Crippen LogP contribution in [0.1, 0.15) is 23.6 Å². The number of hydrogen-bond acceptors (Lipinski definition) is 6. The minimum atomic E-state index is -1.50. The van der Waals surface area contributed by atoms with Crippen LogP contribution in [0.5, 0.6) is 0 Å². The van der Waals surface area contributed by atoms with E-state index in [2.05, 4.69) is 4.74 Å². The molecule has 166 valence electrons. The van der Waals surface area contributed by atoms with Crippen LogP contribution in [-0.4, -0.2) is 43.0 Å². The molecular formula is C26H26O6. The van der Waals surface area contributed by atoms with Gasteiger partial charge in [-0.1, -0.05) is 91.0 Å². The fourth-order valence-electron chi connectivity index (χ4n) is 3.65. The number of carbonyl (C=O) groups excluding carboxylic acids is 2. The summed E-state index contributed by atoms with van der Waals surface area (Å²) >= 11 is 0. The number of benzene rings is 3. The molecule has 0 aromatic heterocycles. The predicted molar refractivity (Wildman–Crippen MR) is 119 cm³/mol. The Bertz CT molecular complexity index is 908. The predicted octanol–water partition coefficient (Wildman–Crippen LogP) is 3.46. The van der Waals surface area contributed by atoms with E-state index in [1.165, 1.54) is 0 Å². The summed E-state index contributed by atoms with van der Waals surface area (Å²) in [6, 6.07) is 28.8. The van der Waals surface area contributed by atoms with Gasteiger partial charge in [0.25, 0.3) is 0 Å². The van der Waals surface area contributed by atoms with Crippen molar-refractivity contribution in [3.63, 3.8) is 0 Å². The first-order valence-electron chi connectivity index (χ1n) is 10.2. The molecule has 6 heteroatoms. The maximum Gasteiger partial charge on any atom is 0.350 e. The van der Waals surface area contributed by atoms with Crippen LogP contribution in [0, 0.1) is 0 Å². The van der Waals surface area contributed by atoms with Gasteiger partial charge >= 0.3 is 11.9 Å². The third-order valence-corrected chi connectivity index (χ3v) is 5.09. The minimum absolute atomic E-state index is 0.300. The molecule has 0 radical (unpaired) electrons. The molecule has 2 atom stereocenters. The molecule has 0 aliphatic rings. The van der Waals surface area contributed by atoms with Crippen LogP contribution in [0.4, 0.5) is 0 Å². The summed E-state index contributed by atoms with van der Waals surface area (Å²) in [7, 11) is 1.16. The average Bonchev–Trinajstić information content (AvgIpc) is 2.84. The Kier molecular flexibility index (Phi) is 7.76. The van der Waals surface area contributed by atoms with Gasteiger partial charge in [0, 0.05) is 6.92 Å². The molecule has 0 aliphatic carbocycles. The van der Waals surface area contributed by atoms with Crippen LogP contribution in [0.25, 0.3) is 0 Å². The molecule has 0 unspecified atom stereocenters. The number of aliphatic hydroxyl groups is 1. The molecule has 0 amide bonds. The molecule has 0 fully saturated rings. The number of rotatable bonds is 9. The number of carbonyl (C=O) groups is 2. The lowest BCUT2D eigenvalue weighted by Crippen LogP contribution is -2.44. The number of hydrogen-bond donors (Lipinski definition) is 1. The van der Waals surface area contributed by atoms with Crippen molar-refractivity contribution < 1.29 is 28.9 Å². The minimum Gasteiger partial charge on any atom is -0.466 e. The van der Waals surface area contributed by atoms with Gasteiger partial charge in [-0.3, -0.25) is 4.79 Å². The summed E-state index contributed by atoms with van der Waals surface area (Å²) in [6.07, 6.45) is -2.95. The highest BCUT2D eigenvalue weighted by molar-refractivity contribution is 5.79. The second kappa shape index (κ2) is 10.7. The van der Waals surface area contributed by atoms with Crippen LogP contribution >= 0.6 is 0 Å². The van der Waals surface area contributed by atoms with Crippen molar-refractivity contribution >= 4 is 11.9 Å². The summed E-state index contributed by atoms with van der Waals surface area (Å²) in [5.74, 6) is -1.57. The second-order valence-electron chi connectivity index (χ2n) is 7.21. The van der Waals surface area contributed by atoms with Crippen LogP contribution < -0.4 is 0 Å². The summed E-state index contributed by atoms with van der Waals surface area (Å²) in [4.78, 5) is 23.6. The van der Waals surface area contributed by atoms with E-state index in [0.717, 1.165) is 30.7 Å². The zero-order valence-electron chi connectivity index (χ0n) is 18.0. The van der Waals surface area contributed by atoms with E-state index >= 15 is 0 Å². The highest BCUT2D eigenvalue weighted by Gasteiger charge is 2.40. The standard InChI is InChI=1S/C26H26O6/c1-19(27)32-24(25(29)30-2)23(28)18-31-26(20-12-6-3-7-13-20,21-14-8-4-9-15-21)22-16-10-5-11-17-22/h3-17,23-24,28H,18H2,1-2H3/t23-,24+/m0/s1. The molecule has 6 nitrogen and oxygen atoms in total. The Hall–Kier alpha value is -3.48. The van der Waals surface area contributed by atoms with E-state index in [0.29, 0.717) is 0 Å². The van der Waals surface area contributed by atoms with Gasteiger partial charge in [-0.15, -0.1) is 0 Å². The van der Waals surface area contributed by atoms with Crippen LogP contribution in [-0.2, 0) is 29.4 Å². The van der Waals surface area contributed by atoms with Crippen molar-refractivity contribution in [2.75, 3.05) is 13.7 Å². The molecule has 1 N–H and O–H groups in total. The van der Waals surface area contributed by atoms with Gasteiger partial charge in [-0.2, -0.15) is 0 Å². The summed E-state index contributed by atoms with van der Waals surface area (Å²) in [5.41, 5.74) is 1.44. The molecule has 0 aliphatic heterocycles. The Morgan fingerprint density at radius 1 is 0.812 bits per heavy atom. The zero-order chi connectivity index (χ0) is 23.0. The number of aliphatic hydroxyl groups excluding tert-OH is 1. The maximum absolute atomic E-state index is 12.1. The monoisotopic (exact) mass is 434 g/mol. The van der Waals surface area contributed by atoms with E-state index in [1.54, 1.807) is 0 Å². The van der Waals surface area contributed by atoms with Crippen molar-refractivity contribution in [1.29, 1.82) is 0 Å². The lowest BCUT2D eigenvalue weighted by molar-refractivity contribution is -0.177. The SMILES string of the molecule is COC(=O)[C@H](OC(C)=O)[C@@H](O)COC(c1ccccc1)(c1ccccc1)c1ccccc1. The van der Waals surface area contributed by atoms with E-state index in [9.17, 15) is 14.7 Å². The van der Waals surface area contributed by atoms with E-state index in [-0.39, 0.29) is 6.61 Å². The van der Waals surface area contributed by atoms with E-state index in [1.807, 2.05) is 91.0 Å². The number of ether oxygens (including phenoxy) is 3. The molecule has 32 heavy (non-hydrogen) atoms. The Morgan fingerprint density at radius 2 is 1.22 bits per heavy atom. The summed E-state index contributed by atoms with van der Waals surface area (Å²) < 4.78 is 16.2. The van der Waals surface area contributed by atoms with E-state index < -0.39 is 29.7 Å². The lowest BCUT2D eigenvalue weighted by atomic mass is 9.80. The lowest BCUT2D eigenvalue weighted by Gasteiger charge is -2.37. The molecular weight excluding hydrogens is 408 g/mol. The van der Waals surface area contributed by atoms with Gasteiger partial charge in [0.15, 0.2) is 0 Å². The molecule has 3 rings (SSSR count). The topological polar surface area (TPSA) is 82.1 Å². The number of methoxy groups -OCH3 is 1. The maximum atomic E-state index is 12.1. The van der Waals surface area contributed by atoms with Crippen molar-refractivity contribution in [2.45, 2.75) is 24.7 Å². The van der Waals surface area contributed by atoms with E-state index in [4.69, 9.17) is 9.47 Å². The highest BCUT2D eigenvalue weighted by Crippen LogP contribution is 2.40. The number of esters is 2. The first-order valence-corrected chi connectivity index (χ1v) is 10.2. The van der Waals surface area contributed by atoms with Crippen LogP contribution in [0.15, 0.2) is 91.0 Å². The summed E-state index contributed by atoms with van der Waals surface area (Å²) in [6.45, 7) is 0.859. The molecule has 3 aromatic carbocycles. The average molecular weight is 434 g/mol. The van der Waals surface area contributed by atoms with Gasteiger partial charge in [0.2, 0.25) is 6.10 Å². The van der Waals surface area contributed by atoms with Gasteiger partial charge in [-0.05, 0) is 16.7 Å². The smallest absolute Gasteiger partial charge is 0.350 e. The van der Waals surface area contributed by atoms with Gasteiger partial charge < -0.3 is 19.3 Å². The van der Waals surface area contributed by atoms with Crippen molar-refractivity contribution in [1.82, 2.24) is 0 Å². The van der Waals surface area contributed by atoms with Crippen molar-refractivity contribution in [2.24, 2.45) is 0 Å². The molecule has 0 heterocycles. The largest absolute Gasteiger partial charge is 0.466 e. The quantitative estimate of drug-likeness (QED) is 0.410. The Labute approximate surface area is 187 Å². The second-order valence-corrected chi connectivity index (χ2v) is 7.21.